The van der Waals surface area contributed by atoms with E-state index < -0.39 is 28.3 Å². The number of hydrogen-bond donors (Lipinski definition) is 1. The first-order chi connectivity index (χ1) is 14.5. The summed E-state index contributed by atoms with van der Waals surface area (Å²) in [5.74, 6) is -0.806. The molecule has 1 aromatic heterocycles. The van der Waals surface area contributed by atoms with Crippen LogP contribution < -0.4 is 5.32 Å². The van der Waals surface area contributed by atoms with E-state index in [-0.39, 0.29) is 22.1 Å². The number of halogens is 4. The van der Waals surface area contributed by atoms with Gasteiger partial charge in [-0.25, -0.2) is 4.68 Å². The van der Waals surface area contributed by atoms with Crippen molar-refractivity contribution in [3.63, 3.8) is 0 Å². The van der Waals surface area contributed by atoms with Crippen molar-refractivity contribution in [1.82, 2.24) is 9.78 Å². The lowest BCUT2D eigenvalue weighted by Gasteiger charge is -2.13. The summed E-state index contributed by atoms with van der Waals surface area (Å²) >= 11 is 7.38. The zero-order valence-electron chi connectivity index (χ0n) is 16.0. The van der Waals surface area contributed by atoms with E-state index in [9.17, 15) is 28.1 Å². The highest BCUT2D eigenvalue weighted by atomic mass is 35.5. The van der Waals surface area contributed by atoms with E-state index in [0.29, 0.717) is 10.6 Å². The Balaban J connectivity index is 2.05. The number of hydrogen-bond acceptors (Lipinski definition) is 5. The number of carbonyl (C=O) groups excluding carboxylic acids is 1. The molecular weight excluding hydrogens is 457 g/mol. The number of nitrogens with one attached hydrogen (secondary N) is 1. The number of nitro groups is 1. The number of aromatic nitrogens is 2. The third-order valence-corrected chi connectivity index (χ3v) is 5.26. The molecule has 0 fully saturated rings. The summed E-state index contributed by atoms with van der Waals surface area (Å²) in [6, 6.07) is 8.22. The molecule has 0 aliphatic rings. The second kappa shape index (κ2) is 8.60. The molecule has 1 heterocycles. The second-order valence-electron chi connectivity index (χ2n) is 6.34. The number of amides is 1. The molecule has 0 saturated carbocycles. The minimum Gasteiger partial charge on any atom is -0.306 e. The molecule has 3 rings (SSSR count). The first-order valence-corrected chi connectivity index (χ1v) is 10.2. The van der Waals surface area contributed by atoms with Gasteiger partial charge in [0.1, 0.15) is 11.4 Å². The maximum atomic E-state index is 13.1. The van der Waals surface area contributed by atoms with E-state index in [1.54, 1.807) is 13.2 Å². The lowest BCUT2D eigenvalue weighted by Crippen LogP contribution is -2.17. The normalized spacial score (nSPS) is 11.4. The molecule has 0 atom stereocenters. The number of nitrogens with zero attached hydrogens (tertiary/aromatic N) is 3. The molecule has 7 nitrogen and oxygen atoms in total. The van der Waals surface area contributed by atoms with Crippen LogP contribution in [0.2, 0.25) is 5.02 Å². The van der Waals surface area contributed by atoms with Crippen molar-refractivity contribution in [2.75, 3.05) is 11.6 Å². The number of anilines is 1. The van der Waals surface area contributed by atoms with Crippen molar-refractivity contribution in [2.45, 2.75) is 18.0 Å². The molecule has 162 valence electrons. The zero-order chi connectivity index (χ0) is 22.9. The van der Waals surface area contributed by atoms with Crippen LogP contribution in [0.5, 0.6) is 0 Å². The molecule has 0 aliphatic heterocycles. The summed E-state index contributed by atoms with van der Waals surface area (Å²) in [7, 11) is 0. The van der Waals surface area contributed by atoms with Crippen LogP contribution >= 0.6 is 23.4 Å². The van der Waals surface area contributed by atoms with Crippen LogP contribution in [0.25, 0.3) is 5.69 Å². The van der Waals surface area contributed by atoms with E-state index in [1.165, 1.54) is 36.0 Å². The number of nitro benzene ring substituents is 1. The number of benzene rings is 2. The van der Waals surface area contributed by atoms with E-state index in [1.807, 2.05) is 0 Å². The molecule has 0 radical (unpaired) electrons. The van der Waals surface area contributed by atoms with Crippen molar-refractivity contribution in [1.29, 1.82) is 0 Å². The monoisotopic (exact) mass is 470 g/mol. The molecule has 2 aromatic carbocycles. The maximum absolute atomic E-state index is 13.1. The topological polar surface area (TPSA) is 90.1 Å². The summed E-state index contributed by atoms with van der Waals surface area (Å²) in [6.45, 7) is 1.57. The van der Waals surface area contributed by atoms with Crippen LogP contribution in [0.15, 0.2) is 47.4 Å². The average Bonchev–Trinajstić information content (AvgIpc) is 3.06. The molecule has 0 spiro atoms. The highest BCUT2D eigenvalue weighted by Gasteiger charge is 2.31. The average molecular weight is 471 g/mol. The van der Waals surface area contributed by atoms with Gasteiger partial charge >= 0.3 is 6.18 Å². The third-order valence-electron chi connectivity index (χ3n) is 4.22. The Morgan fingerprint density at radius 2 is 1.94 bits per heavy atom. The molecule has 0 bridgehead atoms. The van der Waals surface area contributed by atoms with Crippen molar-refractivity contribution in [2.24, 2.45) is 0 Å². The van der Waals surface area contributed by atoms with Crippen LogP contribution in [-0.2, 0) is 6.18 Å². The fraction of sp³-hybridized carbons (Fsp3) is 0.158. The molecule has 0 unspecified atom stereocenters. The molecule has 1 N–H and O–H groups in total. The summed E-state index contributed by atoms with van der Waals surface area (Å²) < 4.78 is 40.5. The predicted molar refractivity (Wildman–Crippen MR) is 111 cm³/mol. The Morgan fingerprint density at radius 1 is 1.23 bits per heavy atom. The number of aryl methyl sites for hydroxylation is 1. The van der Waals surface area contributed by atoms with Gasteiger partial charge in [-0.1, -0.05) is 11.6 Å². The first-order valence-electron chi connectivity index (χ1n) is 8.59. The summed E-state index contributed by atoms with van der Waals surface area (Å²) in [5.41, 5.74) is -1.27. The van der Waals surface area contributed by atoms with Crippen molar-refractivity contribution >= 4 is 40.8 Å². The minimum atomic E-state index is -4.61. The summed E-state index contributed by atoms with van der Waals surface area (Å²) in [6.07, 6.45) is -2.86. The number of carbonyl (C=O) groups is 1. The Morgan fingerprint density at radius 3 is 2.55 bits per heavy atom. The highest BCUT2D eigenvalue weighted by molar-refractivity contribution is 7.98. The summed E-state index contributed by atoms with van der Waals surface area (Å²) in [4.78, 5) is 24.1. The Kier molecular flexibility index (Phi) is 6.27. The standard InChI is InChI=1S/C19H14ClF3N4O3S/c1-10-7-17(24-18(28)13-9-12(31-2)4-6-15(13)27(29)30)26(25-10)16-8-11(19(21,22)23)3-5-14(16)20/h3-9H,1-2H3,(H,24,28). The molecule has 0 saturated heterocycles. The molecule has 3 aromatic rings. The zero-order valence-corrected chi connectivity index (χ0v) is 17.6. The Bertz CT molecular complexity index is 1180. The molecule has 1 amide bonds. The van der Waals surface area contributed by atoms with E-state index >= 15 is 0 Å². The van der Waals surface area contributed by atoms with Crippen molar-refractivity contribution in [3.8, 4) is 5.69 Å². The maximum Gasteiger partial charge on any atom is 0.416 e. The van der Waals surface area contributed by atoms with Gasteiger partial charge in [0.25, 0.3) is 11.6 Å². The first kappa shape index (κ1) is 22.6. The summed E-state index contributed by atoms with van der Waals surface area (Å²) in [5, 5.41) is 17.9. The quantitative estimate of drug-likeness (QED) is 0.292. The predicted octanol–water partition coefficient (Wildman–Crippen LogP) is 5.74. The van der Waals surface area contributed by atoms with Crippen molar-refractivity contribution < 1.29 is 22.9 Å². The number of alkyl halides is 3. The molecule has 31 heavy (non-hydrogen) atoms. The van der Waals surface area contributed by atoms with Crippen LogP contribution in [0.4, 0.5) is 24.7 Å². The molecular formula is C19H14ClF3N4O3S. The van der Waals surface area contributed by atoms with Gasteiger partial charge in [-0.3, -0.25) is 14.9 Å². The van der Waals surface area contributed by atoms with Gasteiger partial charge in [0, 0.05) is 17.0 Å². The highest BCUT2D eigenvalue weighted by Crippen LogP contribution is 2.34. The molecule has 12 heteroatoms. The minimum absolute atomic E-state index is 0.00702. The Hall–Kier alpha value is -3.05. The van der Waals surface area contributed by atoms with Gasteiger partial charge in [-0.15, -0.1) is 11.8 Å². The van der Waals surface area contributed by atoms with E-state index in [4.69, 9.17) is 11.6 Å². The molecule has 0 aliphatic carbocycles. The van der Waals surface area contributed by atoms with Crippen LogP contribution in [0, 0.1) is 17.0 Å². The van der Waals surface area contributed by atoms with Crippen molar-refractivity contribution in [3.05, 3.63) is 74.4 Å². The van der Waals surface area contributed by atoms with Gasteiger partial charge in [0.05, 0.1) is 26.9 Å². The third kappa shape index (κ3) is 4.83. The van der Waals surface area contributed by atoms with Gasteiger partial charge in [-0.05, 0) is 43.5 Å². The van der Waals surface area contributed by atoms with Gasteiger partial charge < -0.3 is 5.32 Å². The largest absolute Gasteiger partial charge is 0.416 e. The Labute approximate surface area is 183 Å². The van der Waals surface area contributed by atoms with E-state index in [0.717, 1.165) is 22.9 Å². The fourth-order valence-electron chi connectivity index (χ4n) is 2.79. The van der Waals surface area contributed by atoms with Gasteiger partial charge in [0.2, 0.25) is 0 Å². The van der Waals surface area contributed by atoms with Crippen LogP contribution in [0.1, 0.15) is 21.6 Å². The smallest absolute Gasteiger partial charge is 0.306 e. The number of rotatable bonds is 5. The van der Waals surface area contributed by atoms with E-state index in [2.05, 4.69) is 10.4 Å². The van der Waals surface area contributed by atoms with Gasteiger partial charge in [0.15, 0.2) is 0 Å². The SMILES string of the molecule is CSc1ccc([N+](=O)[O-])c(C(=O)Nc2cc(C)nn2-c2cc(C(F)(F)F)ccc2Cl)c1. The van der Waals surface area contributed by atoms with Crippen LogP contribution in [-0.4, -0.2) is 26.9 Å². The van der Waals surface area contributed by atoms with Gasteiger partial charge in [-0.2, -0.15) is 18.3 Å². The van der Waals surface area contributed by atoms with Crippen LogP contribution in [0.3, 0.4) is 0 Å². The second-order valence-corrected chi connectivity index (χ2v) is 7.63. The lowest BCUT2D eigenvalue weighted by molar-refractivity contribution is -0.385. The lowest BCUT2D eigenvalue weighted by atomic mass is 10.1. The number of thioether (sulfide) groups is 1. The fourth-order valence-corrected chi connectivity index (χ4v) is 3.43.